The van der Waals surface area contributed by atoms with E-state index in [4.69, 9.17) is 0 Å². The Balaban J connectivity index is 1.90. The van der Waals surface area contributed by atoms with Crippen LogP contribution in [0.3, 0.4) is 0 Å². The summed E-state index contributed by atoms with van der Waals surface area (Å²) in [5.74, 6) is 0.165. The number of amides is 2. The van der Waals surface area contributed by atoms with Crippen LogP contribution in [-0.2, 0) is 9.59 Å². The summed E-state index contributed by atoms with van der Waals surface area (Å²) in [6.45, 7) is 2.43. The van der Waals surface area contributed by atoms with Gasteiger partial charge in [0.1, 0.15) is 0 Å². The number of rotatable bonds is 1. The zero-order valence-electron chi connectivity index (χ0n) is 9.00. The van der Waals surface area contributed by atoms with Crippen molar-refractivity contribution < 1.29 is 9.59 Å². The predicted molar refractivity (Wildman–Crippen MR) is 56.2 cm³/mol. The molecule has 2 saturated heterocycles. The number of hydrogen-bond acceptors (Lipinski definition) is 2. The van der Waals surface area contributed by atoms with Gasteiger partial charge in [0.25, 0.3) is 0 Å². The van der Waals surface area contributed by atoms with Crippen molar-refractivity contribution in [1.29, 1.82) is 0 Å². The first-order valence-corrected chi connectivity index (χ1v) is 5.83. The van der Waals surface area contributed by atoms with Gasteiger partial charge in [0.2, 0.25) is 11.8 Å². The van der Waals surface area contributed by atoms with Gasteiger partial charge in [0.15, 0.2) is 0 Å². The second-order valence-electron chi connectivity index (χ2n) is 4.43. The van der Waals surface area contributed by atoms with Crippen LogP contribution in [0.4, 0.5) is 0 Å². The average Bonchev–Trinajstić information content (AvgIpc) is 2.29. The third-order valence-electron chi connectivity index (χ3n) is 3.26. The van der Waals surface area contributed by atoms with Crippen LogP contribution < -0.4 is 5.32 Å². The van der Waals surface area contributed by atoms with Crippen LogP contribution in [0.1, 0.15) is 32.1 Å². The van der Waals surface area contributed by atoms with Crippen molar-refractivity contribution in [3.63, 3.8) is 0 Å². The number of nitrogens with zero attached hydrogens (tertiary/aromatic N) is 1. The number of piperidine rings is 2. The van der Waals surface area contributed by atoms with Crippen LogP contribution in [0.5, 0.6) is 0 Å². The van der Waals surface area contributed by atoms with Gasteiger partial charge in [-0.3, -0.25) is 9.59 Å². The molecule has 84 valence electrons. The maximum atomic E-state index is 12.0. The van der Waals surface area contributed by atoms with E-state index >= 15 is 0 Å². The summed E-state index contributed by atoms with van der Waals surface area (Å²) in [5, 5.41) is 2.76. The van der Waals surface area contributed by atoms with Gasteiger partial charge in [0.05, 0.1) is 0 Å². The number of nitrogens with one attached hydrogen (secondary N) is 1. The molecule has 2 rings (SSSR count). The Kier molecular flexibility index (Phi) is 3.23. The summed E-state index contributed by atoms with van der Waals surface area (Å²) in [4.78, 5) is 25.2. The number of likely N-dealkylation sites (tertiary alicyclic amines) is 1. The fraction of sp³-hybridized carbons (Fsp3) is 0.818. The molecule has 0 aliphatic carbocycles. The SMILES string of the molecule is O=C1C[C@@H](C(=O)N2CCCCC2)CCN1. The van der Waals surface area contributed by atoms with Gasteiger partial charge in [-0.1, -0.05) is 0 Å². The first-order valence-electron chi connectivity index (χ1n) is 5.83. The van der Waals surface area contributed by atoms with E-state index in [0.29, 0.717) is 13.0 Å². The van der Waals surface area contributed by atoms with Crippen molar-refractivity contribution in [2.45, 2.75) is 32.1 Å². The Morgan fingerprint density at radius 2 is 2.00 bits per heavy atom. The molecule has 0 aromatic carbocycles. The number of hydrogen-bond donors (Lipinski definition) is 1. The standard InChI is InChI=1S/C11H18N2O2/c14-10-8-9(4-5-12-10)11(15)13-6-2-1-3-7-13/h9H,1-8H2,(H,12,14)/t9-/m0/s1. The molecule has 15 heavy (non-hydrogen) atoms. The Bertz CT molecular complexity index is 259. The van der Waals surface area contributed by atoms with E-state index in [1.54, 1.807) is 0 Å². The maximum absolute atomic E-state index is 12.0. The van der Waals surface area contributed by atoms with Crippen molar-refractivity contribution in [3.05, 3.63) is 0 Å². The quantitative estimate of drug-likeness (QED) is 0.686. The van der Waals surface area contributed by atoms with E-state index in [2.05, 4.69) is 5.32 Å². The highest BCUT2D eigenvalue weighted by Gasteiger charge is 2.29. The van der Waals surface area contributed by atoms with Crippen LogP contribution in [0.25, 0.3) is 0 Å². The summed E-state index contributed by atoms with van der Waals surface area (Å²) in [5.41, 5.74) is 0. The van der Waals surface area contributed by atoms with Crippen LogP contribution in [0, 0.1) is 5.92 Å². The largest absolute Gasteiger partial charge is 0.356 e. The smallest absolute Gasteiger partial charge is 0.226 e. The molecule has 2 heterocycles. The summed E-state index contributed by atoms with van der Waals surface area (Å²) in [6.07, 6.45) is 4.65. The molecule has 0 aromatic heterocycles. The Morgan fingerprint density at radius 1 is 1.27 bits per heavy atom. The molecule has 4 heteroatoms. The van der Waals surface area contributed by atoms with Gasteiger partial charge in [-0.25, -0.2) is 0 Å². The molecular weight excluding hydrogens is 192 g/mol. The van der Waals surface area contributed by atoms with Gasteiger partial charge in [-0.15, -0.1) is 0 Å². The lowest BCUT2D eigenvalue weighted by atomic mass is 9.95. The van der Waals surface area contributed by atoms with Crippen molar-refractivity contribution >= 4 is 11.8 Å². The topological polar surface area (TPSA) is 49.4 Å². The van der Waals surface area contributed by atoms with Crippen LogP contribution >= 0.6 is 0 Å². The first kappa shape index (κ1) is 10.5. The van der Waals surface area contributed by atoms with Gasteiger partial charge < -0.3 is 10.2 Å². The molecule has 0 aromatic rings. The van der Waals surface area contributed by atoms with Gasteiger partial charge in [-0.2, -0.15) is 0 Å². The van der Waals surface area contributed by atoms with Crippen molar-refractivity contribution in [1.82, 2.24) is 10.2 Å². The highest BCUT2D eigenvalue weighted by Crippen LogP contribution is 2.18. The molecule has 2 amide bonds. The minimum Gasteiger partial charge on any atom is -0.356 e. The summed E-state index contributed by atoms with van der Waals surface area (Å²) in [7, 11) is 0. The molecule has 2 fully saturated rings. The molecule has 1 atom stereocenters. The number of carbonyl (C=O) groups excluding carboxylic acids is 2. The van der Waals surface area contributed by atoms with E-state index in [1.165, 1.54) is 6.42 Å². The van der Waals surface area contributed by atoms with E-state index in [-0.39, 0.29) is 17.7 Å². The van der Waals surface area contributed by atoms with E-state index in [1.807, 2.05) is 4.90 Å². The minimum atomic E-state index is -0.0585. The van der Waals surface area contributed by atoms with Crippen molar-refractivity contribution in [2.75, 3.05) is 19.6 Å². The molecular formula is C11H18N2O2. The number of carbonyl (C=O) groups is 2. The van der Waals surface area contributed by atoms with Crippen LogP contribution in [0.2, 0.25) is 0 Å². The third-order valence-corrected chi connectivity index (χ3v) is 3.26. The molecule has 0 bridgehead atoms. The minimum absolute atomic E-state index is 0.0246. The van der Waals surface area contributed by atoms with E-state index in [9.17, 15) is 9.59 Å². The summed E-state index contributed by atoms with van der Waals surface area (Å²) in [6, 6.07) is 0. The van der Waals surface area contributed by atoms with E-state index in [0.717, 1.165) is 32.4 Å². The molecule has 0 radical (unpaired) electrons. The zero-order valence-corrected chi connectivity index (χ0v) is 9.00. The monoisotopic (exact) mass is 210 g/mol. The molecule has 0 unspecified atom stereocenters. The lowest BCUT2D eigenvalue weighted by Gasteiger charge is -2.31. The van der Waals surface area contributed by atoms with Crippen LogP contribution in [-0.4, -0.2) is 36.3 Å². The first-order chi connectivity index (χ1) is 7.27. The predicted octanol–water partition coefficient (Wildman–Crippen LogP) is 0.525. The van der Waals surface area contributed by atoms with E-state index < -0.39 is 0 Å². The molecule has 4 nitrogen and oxygen atoms in total. The normalized spacial score (nSPS) is 27.3. The fourth-order valence-electron chi connectivity index (χ4n) is 2.37. The highest BCUT2D eigenvalue weighted by atomic mass is 16.2. The van der Waals surface area contributed by atoms with Crippen molar-refractivity contribution in [3.8, 4) is 0 Å². The third kappa shape index (κ3) is 2.49. The average molecular weight is 210 g/mol. The Hall–Kier alpha value is -1.06. The lowest BCUT2D eigenvalue weighted by Crippen LogP contribution is -2.44. The van der Waals surface area contributed by atoms with Gasteiger partial charge in [0, 0.05) is 32.0 Å². The Labute approximate surface area is 90.0 Å². The lowest BCUT2D eigenvalue weighted by molar-refractivity contribution is -0.140. The zero-order chi connectivity index (χ0) is 10.7. The van der Waals surface area contributed by atoms with Gasteiger partial charge >= 0.3 is 0 Å². The molecule has 0 spiro atoms. The van der Waals surface area contributed by atoms with Crippen LogP contribution in [0.15, 0.2) is 0 Å². The van der Waals surface area contributed by atoms with Crippen molar-refractivity contribution in [2.24, 2.45) is 5.92 Å². The molecule has 2 aliphatic heterocycles. The molecule has 0 saturated carbocycles. The molecule has 1 N–H and O–H groups in total. The Morgan fingerprint density at radius 3 is 2.67 bits per heavy atom. The summed E-state index contributed by atoms with van der Waals surface area (Å²) >= 11 is 0. The second kappa shape index (κ2) is 4.64. The maximum Gasteiger partial charge on any atom is 0.226 e. The molecule has 2 aliphatic rings. The summed E-state index contributed by atoms with van der Waals surface area (Å²) < 4.78 is 0. The fourth-order valence-corrected chi connectivity index (χ4v) is 2.37. The second-order valence-corrected chi connectivity index (χ2v) is 4.43. The van der Waals surface area contributed by atoms with Gasteiger partial charge in [-0.05, 0) is 25.7 Å². The highest BCUT2D eigenvalue weighted by molar-refractivity contribution is 5.86.